The van der Waals surface area contributed by atoms with E-state index in [1.54, 1.807) is 0 Å². The van der Waals surface area contributed by atoms with Gasteiger partial charge in [0.1, 0.15) is 7.11 Å². The number of hydrogen-bond acceptors (Lipinski definition) is 6. The van der Waals surface area contributed by atoms with Crippen molar-refractivity contribution in [2.75, 3.05) is 14.2 Å². The van der Waals surface area contributed by atoms with Crippen molar-refractivity contribution in [3.63, 3.8) is 0 Å². The molecule has 70 valence electrons. The quantitative estimate of drug-likeness (QED) is 0.401. The van der Waals surface area contributed by atoms with Crippen molar-refractivity contribution >= 4 is 5.96 Å². The minimum Gasteiger partial charge on any atom is -0.362 e. The van der Waals surface area contributed by atoms with E-state index in [-0.39, 0.29) is 5.96 Å². The minimum absolute atomic E-state index is 0.000000000000000222. The van der Waals surface area contributed by atoms with Crippen LogP contribution in [0.3, 0.4) is 0 Å². The Morgan fingerprint density at radius 3 is 2.33 bits per heavy atom. The van der Waals surface area contributed by atoms with Crippen LogP contribution in [0.15, 0.2) is 0 Å². The van der Waals surface area contributed by atoms with Gasteiger partial charge in [-0.15, -0.1) is 0 Å². The van der Waals surface area contributed by atoms with E-state index in [1.807, 2.05) is 0 Å². The molecule has 0 aliphatic carbocycles. The normalized spacial score (nSPS) is 29.8. The smallest absolute Gasteiger partial charge is 0.362 e. The van der Waals surface area contributed by atoms with Crippen molar-refractivity contribution in [1.29, 1.82) is 0 Å². The highest BCUT2D eigenvalue weighted by Gasteiger charge is 2.46. The zero-order chi connectivity index (χ0) is 9.30. The summed E-state index contributed by atoms with van der Waals surface area (Å²) in [6, 6.07) is 0. The van der Waals surface area contributed by atoms with Crippen molar-refractivity contribution in [3.05, 3.63) is 0 Å². The highest BCUT2D eigenvalue weighted by molar-refractivity contribution is 5.72. The maximum Gasteiger partial charge on any atom is 0.416 e. The van der Waals surface area contributed by atoms with Crippen molar-refractivity contribution in [2.24, 2.45) is 5.73 Å². The predicted molar refractivity (Wildman–Crippen MR) is 37.3 cm³/mol. The number of nitrogens with two attached hydrogens (primary N) is 1. The first kappa shape index (κ1) is 9.04. The van der Waals surface area contributed by atoms with Crippen LogP contribution in [-0.4, -0.2) is 52.7 Å². The molecule has 1 aliphatic heterocycles. The molecule has 0 radical (unpaired) electrons. The standard InChI is InChI=1S/C5H11N3O4/c1-11-7-3(9)4(10)8(12-2)5(7)6/h3-4,6,9-10H,1-2H3/p+1/t3-,4-/m0/s1. The van der Waals surface area contributed by atoms with Crippen LogP contribution in [-0.2, 0) is 9.68 Å². The molecule has 7 heteroatoms. The first-order chi connectivity index (χ1) is 5.63. The molecule has 0 aromatic heterocycles. The zero-order valence-corrected chi connectivity index (χ0v) is 6.84. The number of rotatable bonds is 2. The van der Waals surface area contributed by atoms with Gasteiger partial charge in [-0.3, -0.25) is 5.73 Å². The van der Waals surface area contributed by atoms with Crippen LogP contribution in [0.5, 0.6) is 0 Å². The monoisotopic (exact) mass is 178 g/mol. The van der Waals surface area contributed by atoms with Crippen LogP contribution < -0.4 is 5.73 Å². The molecular formula is C5H12N3O4+. The van der Waals surface area contributed by atoms with Gasteiger partial charge in [0, 0.05) is 0 Å². The Labute approximate surface area is 69.1 Å². The van der Waals surface area contributed by atoms with E-state index in [2.05, 4.69) is 9.68 Å². The number of guanidine groups is 1. The molecule has 0 fully saturated rings. The SMILES string of the molecule is CON1C(N)=[N+](OC)[C@@H](O)[C@@H]1O. The molecule has 1 heterocycles. The second-order valence-electron chi connectivity index (χ2n) is 2.20. The van der Waals surface area contributed by atoms with Gasteiger partial charge in [0.2, 0.25) is 0 Å². The molecule has 0 saturated heterocycles. The van der Waals surface area contributed by atoms with Crippen molar-refractivity contribution in [2.45, 2.75) is 12.5 Å². The molecule has 4 N–H and O–H groups in total. The Balaban J connectivity index is 2.89. The highest BCUT2D eigenvalue weighted by Crippen LogP contribution is 2.10. The van der Waals surface area contributed by atoms with E-state index in [4.69, 9.17) is 5.73 Å². The average Bonchev–Trinajstić information content (AvgIpc) is 2.25. The van der Waals surface area contributed by atoms with E-state index >= 15 is 0 Å². The Kier molecular flexibility index (Phi) is 2.36. The lowest BCUT2D eigenvalue weighted by Crippen LogP contribution is -2.41. The maximum absolute atomic E-state index is 9.26. The molecular weight excluding hydrogens is 166 g/mol. The fourth-order valence-electron chi connectivity index (χ4n) is 1.01. The molecule has 0 spiro atoms. The number of aliphatic hydroxyl groups is 2. The summed E-state index contributed by atoms with van der Waals surface area (Å²) in [7, 11) is 2.64. The first-order valence-corrected chi connectivity index (χ1v) is 3.28. The number of hydroxylamine groups is 3. The number of hydrogen-bond donors (Lipinski definition) is 3. The third-order valence-corrected chi connectivity index (χ3v) is 1.59. The molecule has 2 atom stereocenters. The molecule has 0 saturated carbocycles. The lowest BCUT2D eigenvalue weighted by Gasteiger charge is -2.11. The fraction of sp³-hybridized carbons (Fsp3) is 0.800. The lowest BCUT2D eigenvalue weighted by molar-refractivity contribution is -0.825. The van der Waals surface area contributed by atoms with Gasteiger partial charge >= 0.3 is 5.96 Å². The summed E-state index contributed by atoms with van der Waals surface area (Å²) >= 11 is 0. The Hall–Kier alpha value is -1.05. The first-order valence-electron chi connectivity index (χ1n) is 3.28. The predicted octanol–water partition coefficient (Wildman–Crippen LogP) is -2.61. The van der Waals surface area contributed by atoms with Crippen molar-refractivity contribution in [1.82, 2.24) is 5.06 Å². The summed E-state index contributed by atoms with van der Waals surface area (Å²) in [6.07, 6.45) is -2.48. The van der Waals surface area contributed by atoms with Gasteiger partial charge in [-0.2, -0.15) is 0 Å². The van der Waals surface area contributed by atoms with Gasteiger partial charge < -0.3 is 15.1 Å². The maximum atomic E-state index is 9.26. The molecule has 0 amide bonds. The minimum atomic E-state index is -1.24. The van der Waals surface area contributed by atoms with Gasteiger partial charge in [0.15, 0.2) is 0 Å². The summed E-state index contributed by atoms with van der Waals surface area (Å²) < 4.78 is 0.939. The van der Waals surface area contributed by atoms with Gasteiger partial charge in [-0.1, -0.05) is 9.80 Å². The number of nitrogens with zero attached hydrogens (tertiary/aromatic N) is 2. The molecule has 0 aromatic carbocycles. The molecule has 1 rings (SSSR count). The van der Waals surface area contributed by atoms with Crippen molar-refractivity contribution < 1.29 is 24.6 Å². The topological polar surface area (TPSA) is 91.2 Å². The highest BCUT2D eigenvalue weighted by atomic mass is 16.7. The third-order valence-electron chi connectivity index (χ3n) is 1.59. The summed E-state index contributed by atoms with van der Waals surface area (Å²) in [5, 5.41) is 19.5. The van der Waals surface area contributed by atoms with Crippen molar-refractivity contribution in [3.8, 4) is 0 Å². The molecule has 0 aromatic rings. The third kappa shape index (κ3) is 1.07. The van der Waals surface area contributed by atoms with E-state index in [1.165, 1.54) is 14.2 Å². The van der Waals surface area contributed by atoms with Crippen LogP contribution >= 0.6 is 0 Å². The van der Waals surface area contributed by atoms with Gasteiger partial charge in [-0.25, -0.2) is 4.84 Å². The van der Waals surface area contributed by atoms with Crippen LogP contribution in [0.2, 0.25) is 0 Å². The van der Waals surface area contributed by atoms with E-state index in [0.29, 0.717) is 0 Å². The molecule has 0 bridgehead atoms. The lowest BCUT2D eigenvalue weighted by atomic mass is 10.5. The second kappa shape index (κ2) is 3.13. The fourth-order valence-corrected chi connectivity index (χ4v) is 1.01. The largest absolute Gasteiger partial charge is 0.416 e. The second-order valence-corrected chi connectivity index (χ2v) is 2.20. The van der Waals surface area contributed by atoms with Crippen LogP contribution in [0, 0.1) is 0 Å². The van der Waals surface area contributed by atoms with E-state index < -0.39 is 12.5 Å². The summed E-state index contributed by atoms with van der Waals surface area (Å²) in [4.78, 5) is 9.36. The summed E-state index contributed by atoms with van der Waals surface area (Å²) in [5.74, 6) is 0.000000000000000222. The van der Waals surface area contributed by atoms with Crippen LogP contribution in [0.1, 0.15) is 0 Å². The summed E-state index contributed by atoms with van der Waals surface area (Å²) in [5.41, 5.74) is 5.42. The summed E-state index contributed by atoms with van der Waals surface area (Å²) in [6.45, 7) is 0. The van der Waals surface area contributed by atoms with Gasteiger partial charge in [0.05, 0.1) is 7.11 Å². The Morgan fingerprint density at radius 2 is 2.08 bits per heavy atom. The van der Waals surface area contributed by atoms with Crippen LogP contribution in [0.4, 0.5) is 0 Å². The molecule has 1 aliphatic rings. The Morgan fingerprint density at radius 1 is 1.50 bits per heavy atom. The van der Waals surface area contributed by atoms with E-state index in [0.717, 1.165) is 9.80 Å². The Bertz CT molecular complexity index is 207. The van der Waals surface area contributed by atoms with Crippen LogP contribution in [0.25, 0.3) is 0 Å². The average molecular weight is 178 g/mol. The molecule has 7 nitrogen and oxygen atoms in total. The molecule has 0 unspecified atom stereocenters. The molecule has 12 heavy (non-hydrogen) atoms. The van der Waals surface area contributed by atoms with Gasteiger partial charge in [-0.05, 0) is 0 Å². The van der Waals surface area contributed by atoms with Gasteiger partial charge in [0.25, 0.3) is 12.5 Å². The number of aliphatic hydroxyl groups excluding tert-OH is 2. The zero-order valence-electron chi connectivity index (χ0n) is 6.84. The van der Waals surface area contributed by atoms with E-state index in [9.17, 15) is 10.2 Å².